The van der Waals surface area contributed by atoms with Crippen LogP contribution in [0.4, 0.5) is 0 Å². The largest absolute Gasteiger partial charge is 0.308 e. The van der Waals surface area contributed by atoms with Crippen LogP contribution in [0.5, 0.6) is 0 Å². The van der Waals surface area contributed by atoms with E-state index < -0.39 is 31.0 Å². The maximum Gasteiger partial charge on any atom is 0.183 e. The van der Waals surface area contributed by atoms with Gasteiger partial charge in [0.1, 0.15) is 0 Å². The molecule has 0 saturated carbocycles. The minimum atomic E-state index is -3.71. The molecule has 25 heavy (non-hydrogen) atoms. The van der Waals surface area contributed by atoms with Crippen LogP contribution in [0.15, 0.2) is 59.5 Å². The number of hydrogen-bond donors (Lipinski definition) is 1. The lowest BCUT2D eigenvalue weighted by Crippen LogP contribution is -2.43. The molecule has 2 unspecified atom stereocenters. The molecular formula is C18H21NO4S2. The lowest BCUT2D eigenvalue weighted by Gasteiger charge is -2.20. The Morgan fingerprint density at radius 1 is 1.00 bits per heavy atom. The Balaban J connectivity index is 1.83. The first-order valence-electron chi connectivity index (χ1n) is 8.06. The molecule has 0 radical (unpaired) electrons. The second kappa shape index (κ2) is 6.90. The van der Waals surface area contributed by atoms with E-state index in [9.17, 15) is 16.8 Å². The molecule has 0 spiro atoms. The molecule has 1 heterocycles. The Kier molecular flexibility index (Phi) is 4.99. The first-order chi connectivity index (χ1) is 11.8. The zero-order chi connectivity index (χ0) is 18.1. The first-order valence-corrected chi connectivity index (χ1v) is 11.4. The summed E-state index contributed by atoms with van der Waals surface area (Å²) in [5.41, 5.74) is 2.13. The summed E-state index contributed by atoms with van der Waals surface area (Å²) in [4.78, 5) is 0.166. The molecule has 5 nitrogen and oxygen atoms in total. The van der Waals surface area contributed by atoms with Crippen molar-refractivity contribution in [1.29, 1.82) is 0 Å². The summed E-state index contributed by atoms with van der Waals surface area (Å²) in [6.45, 7) is 2.42. The molecule has 1 aliphatic rings. The fourth-order valence-corrected chi connectivity index (χ4v) is 7.79. The Bertz CT molecular complexity index is 936. The molecule has 134 valence electrons. The van der Waals surface area contributed by atoms with Gasteiger partial charge in [-0.3, -0.25) is 0 Å². The molecular weight excluding hydrogens is 358 g/mol. The van der Waals surface area contributed by atoms with Crippen molar-refractivity contribution in [2.24, 2.45) is 0 Å². The Morgan fingerprint density at radius 2 is 1.64 bits per heavy atom. The predicted octanol–water partition coefficient (Wildman–Crippen LogP) is 1.72. The Hall–Kier alpha value is -1.70. The average Bonchev–Trinajstić information content (AvgIpc) is 2.91. The maximum atomic E-state index is 12.9. The van der Waals surface area contributed by atoms with Crippen molar-refractivity contribution < 1.29 is 16.8 Å². The summed E-state index contributed by atoms with van der Waals surface area (Å²) in [7, 11) is -7.10. The summed E-state index contributed by atoms with van der Waals surface area (Å²) in [5, 5.41) is 2.17. The summed E-state index contributed by atoms with van der Waals surface area (Å²) < 4.78 is 49.9. The highest BCUT2D eigenvalue weighted by molar-refractivity contribution is 7.96. The zero-order valence-electron chi connectivity index (χ0n) is 13.9. The van der Waals surface area contributed by atoms with Gasteiger partial charge in [-0.05, 0) is 24.6 Å². The number of benzene rings is 2. The summed E-state index contributed by atoms with van der Waals surface area (Å²) in [6.07, 6.45) is 0. The smallest absolute Gasteiger partial charge is 0.183 e. The van der Waals surface area contributed by atoms with Crippen molar-refractivity contribution in [2.75, 3.05) is 11.5 Å². The van der Waals surface area contributed by atoms with Gasteiger partial charge in [-0.25, -0.2) is 16.8 Å². The number of sulfone groups is 2. The minimum Gasteiger partial charge on any atom is -0.308 e. The van der Waals surface area contributed by atoms with Gasteiger partial charge in [0, 0.05) is 12.6 Å². The van der Waals surface area contributed by atoms with E-state index in [1.165, 1.54) is 12.1 Å². The maximum absolute atomic E-state index is 12.9. The molecule has 0 bridgehead atoms. The molecule has 0 aromatic heterocycles. The third-order valence-electron chi connectivity index (χ3n) is 4.46. The van der Waals surface area contributed by atoms with Gasteiger partial charge in [0.15, 0.2) is 19.7 Å². The first kappa shape index (κ1) is 18.1. The molecule has 1 fully saturated rings. The average molecular weight is 380 g/mol. The topological polar surface area (TPSA) is 80.3 Å². The van der Waals surface area contributed by atoms with Crippen molar-refractivity contribution in [1.82, 2.24) is 5.32 Å². The van der Waals surface area contributed by atoms with Gasteiger partial charge in [0.2, 0.25) is 0 Å². The molecule has 3 rings (SSSR count). The molecule has 0 aliphatic carbocycles. The van der Waals surface area contributed by atoms with E-state index in [0.717, 1.165) is 11.1 Å². The quantitative estimate of drug-likeness (QED) is 0.856. The highest BCUT2D eigenvalue weighted by atomic mass is 32.2. The summed E-state index contributed by atoms with van der Waals surface area (Å²) >= 11 is 0. The molecule has 2 aromatic carbocycles. The van der Waals surface area contributed by atoms with Gasteiger partial charge in [-0.1, -0.05) is 48.0 Å². The van der Waals surface area contributed by atoms with E-state index in [2.05, 4.69) is 5.32 Å². The van der Waals surface area contributed by atoms with E-state index in [4.69, 9.17) is 0 Å². The van der Waals surface area contributed by atoms with Gasteiger partial charge in [0.25, 0.3) is 0 Å². The normalized spacial score (nSPS) is 22.8. The SMILES string of the molecule is Cc1ccc(CNC2CS(=O)(=O)CC2S(=O)(=O)c2ccccc2)cc1. The van der Waals surface area contributed by atoms with Crippen molar-refractivity contribution >= 4 is 19.7 Å². The van der Waals surface area contributed by atoms with E-state index in [0.29, 0.717) is 6.54 Å². The number of rotatable bonds is 5. The van der Waals surface area contributed by atoms with E-state index in [-0.39, 0.29) is 16.4 Å². The van der Waals surface area contributed by atoms with Crippen LogP contribution in [0.25, 0.3) is 0 Å². The van der Waals surface area contributed by atoms with Crippen molar-refractivity contribution in [3.8, 4) is 0 Å². The zero-order valence-corrected chi connectivity index (χ0v) is 15.6. The van der Waals surface area contributed by atoms with E-state index >= 15 is 0 Å². The van der Waals surface area contributed by atoms with Gasteiger partial charge in [0.05, 0.1) is 21.7 Å². The highest BCUT2D eigenvalue weighted by Gasteiger charge is 2.45. The molecule has 7 heteroatoms. The van der Waals surface area contributed by atoms with Crippen LogP contribution >= 0.6 is 0 Å². The van der Waals surface area contributed by atoms with Gasteiger partial charge < -0.3 is 5.32 Å². The van der Waals surface area contributed by atoms with Crippen LogP contribution in [0.1, 0.15) is 11.1 Å². The summed E-state index contributed by atoms with van der Waals surface area (Å²) in [5.74, 6) is -0.495. The summed E-state index contributed by atoms with van der Waals surface area (Å²) in [6, 6.07) is 15.3. The van der Waals surface area contributed by atoms with Crippen LogP contribution in [-0.4, -0.2) is 39.6 Å². The second-order valence-corrected chi connectivity index (χ2v) is 10.8. The minimum absolute atomic E-state index is 0.157. The Labute approximate surface area is 148 Å². The van der Waals surface area contributed by atoms with Crippen LogP contribution in [-0.2, 0) is 26.2 Å². The van der Waals surface area contributed by atoms with Gasteiger partial charge >= 0.3 is 0 Å². The van der Waals surface area contributed by atoms with Crippen LogP contribution in [0, 0.1) is 6.92 Å². The fraction of sp³-hybridized carbons (Fsp3) is 0.333. The van der Waals surface area contributed by atoms with Gasteiger partial charge in [-0.2, -0.15) is 0 Å². The van der Waals surface area contributed by atoms with Crippen molar-refractivity contribution in [3.63, 3.8) is 0 Å². The lowest BCUT2D eigenvalue weighted by molar-refractivity contribution is 0.526. The van der Waals surface area contributed by atoms with Crippen LogP contribution in [0.3, 0.4) is 0 Å². The van der Waals surface area contributed by atoms with Crippen molar-refractivity contribution in [2.45, 2.75) is 29.7 Å². The van der Waals surface area contributed by atoms with Gasteiger partial charge in [-0.15, -0.1) is 0 Å². The van der Waals surface area contributed by atoms with Crippen LogP contribution < -0.4 is 5.32 Å². The third kappa shape index (κ3) is 4.11. The second-order valence-electron chi connectivity index (χ2n) is 6.45. The lowest BCUT2D eigenvalue weighted by atomic mass is 10.1. The number of hydrogen-bond acceptors (Lipinski definition) is 5. The van der Waals surface area contributed by atoms with E-state index in [1.807, 2.05) is 31.2 Å². The highest BCUT2D eigenvalue weighted by Crippen LogP contribution is 2.26. The van der Waals surface area contributed by atoms with Crippen LogP contribution in [0.2, 0.25) is 0 Å². The van der Waals surface area contributed by atoms with Crippen molar-refractivity contribution in [3.05, 3.63) is 65.7 Å². The number of aryl methyl sites for hydroxylation is 1. The molecule has 0 amide bonds. The predicted molar refractivity (Wildman–Crippen MR) is 97.9 cm³/mol. The molecule has 1 saturated heterocycles. The molecule has 2 aromatic rings. The van der Waals surface area contributed by atoms with E-state index in [1.54, 1.807) is 18.2 Å². The number of nitrogens with one attached hydrogen (secondary N) is 1. The standard InChI is InChI=1S/C18H21NO4S2/c1-14-7-9-15(10-8-14)11-19-17-12-24(20,21)13-18(17)25(22,23)16-5-3-2-4-6-16/h2-10,17-19H,11-13H2,1H3. The Morgan fingerprint density at radius 3 is 2.28 bits per heavy atom. The molecule has 2 atom stereocenters. The molecule has 1 N–H and O–H groups in total. The monoisotopic (exact) mass is 379 g/mol. The molecule has 1 aliphatic heterocycles. The third-order valence-corrected chi connectivity index (χ3v) is 8.63. The fourth-order valence-electron chi connectivity index (χ4n) is 3.05.